The van der Waals surface area contributed by atoms with E-state index in [1.165, 1.54) is 6.07 Å². The lowest BCUT2D eigenvalue weighted by atomic mass is 10.1. The van der Waals surface area contributed by atoms with Crippen molar-refractivity contribution < 1.29 is 18.0 Å². The molecular formula is C18H18ClF3N2O. The highest BCUT2D eigenvalue weighted by atomic mass is 35.5. The first kappa shape index (κ1) is 19.1. The topological polar surface area (TPSA) is 55.1 Å². The molecule has 3 N–H and O–H groups in total. The lowest BCUT2D eigenvalue weighted by Gasteiger charge is -2.10. The zero-order chi connectivity index (χ0) is 17.5. The molecule has 134 valence electrons. The molecule has 2 aromatic rings. The molecule has 25 heavy (non-hydrogen) atoms. The molecule has 0 radical (unpaired) electrons. The molecule has 1 saturated carbocycles. The van der Waals surface area contributed by atoms with E-state index in [4.69, 9.17) is 5.73 Å². The fourth-order valence-corrected chi connectivity index (χ4v) is 2.80. The van der Waals surface area contributed by atoms with Crippen LogP contribution < -0.4 is 11.1 Å². The molecule has 2 unspecified atom stereocenters. The number of aryl methyl sites for hydroxylation is 1. The number of carbonyl (C=O) groups excluding carboxylic acids is 1. The van der Waals surface area contributed by atoms with Gasteiger partial charge in [0.1, 0.15) is 0 Å². The minimum atomic E-state index is -4.37. The molecule has 3 nitrogen and oxygen atoms in total. The van der Waals surface area contributed by atoms with Gasteiger partial charge in [-0.05, 0) is 48.6 Å². The number of hydrogen-bond donors (Lipinski definition) is 2. The summed E-state index contributed by atoms with van der Waals surface area (Å²) in [5.74, 6) is -0.672. The van der Waals surface area contributed by atoms with E-state index in [2.05, 4.69) is 5.32 Å². The number of nitrogens with two attached hydrogens (primary N) is 1. The van der Waals surface area contributed by atoms with Crippen LogP contribution in [0.5, 0.6) is 0 Å². The number of carbonyl (C=O) groups is 1. The predicted octanol–water partition coefficient (Wildman–Crippen LogP) is 4.76. The molecule has 7 heteroatoms. The molecule has 1 fully saturated rings. The van der Waals surface area contributed by atoms with Gasteiger partial charge in [-0.2, -0.15) is 13.2 Å². The van der Waals surface area contributed by atoms with Crippen molar-refractivity contribution in [3.05, 3.63) is 59.2 Å². The van der Waals surface area contributed by atoms with Gasteiger partial charge < -0.3 is 11.1 Å². The van der Waals surface area contributed by atoms with Crippen LogP contribution in [0, 0.1) is 12.8 Å². The summed E-state index contributed by atoms with van der Waals surface area (Å²) in [6.45, 7) is 1.85. The Morgan fingerprint density at radius 1 is 1.20 bits per heavy atom. The van der Waals surface area contributed by atoms with Crippen LogP contribution in [0.25, 0.3) is 0 Å². The highest BCUT2D eigenvalue weighted by Gasteiger charge is 2.44. The summed E-state index contributed by atoms with van der Waals surface area (Å²) in [6, 6.07) is 10.4. The SMILES string of the molecule is Cc1ccc(N)cc1NC(=O)C1CC1c1cccc(C(F)(F)F)c1.Cl. The fourth-order valence-electron chi connectivity index (χ4n) is 2.80. The van der Waals surface area contributed by atoms with Gasteiger partial charge in [0.15, 0.2) is 0 Å². The van der Waals surface area contributed by atoms with Crippen molar-refractivity contribution in [3.63, 3.8) is 0 Å². The number of anilines is 2. The first-order chi connectivity index (χ1) is 11.3. The maximum Gasteiger partial charge on any atom is 0.416 e. The van der Waals surface area contributed by atoms with Crippen molar-refractivity contribution in [2.75, 3.05) is 11.1 Å². The highest BCUT2D eigenvalue weighted by molar-refractivity contribution is 5.96. The highest BCUT2D eigenvalue weighted by Crippen LogP contribution is 2.49. The van der Waals surface area contributed by atoms with Crippen molar-refractivity contribution in [2.45, 2.75) is 25.4 Å². The van der Waals surface area contributed by atoms with E-state index in [1.807, 2.05) is 13.0 Å². The van der Waals surface area contributed by atoms with Crippen LogP contribution in [0.1, 0.15) is 29.0 Å². The maximum absolute atomic E-state index is 12.8. The van der Waals surface area contributed by atoms with Crippen LogP contribution in [0.4, 0.5) is 24.5 Å². The van der Waals surface area contributed by atoms with Crippen molar-refractivity contribution in [1.29, 1.82) is 0 Å². The average Bonchev–Trinajstić information content (AvgIpc) is 3.31. The van der Waals surface area contributed by atoms with Crippen molar-refractivity contribution >= 4 is 29.7 Å². The zero-order valence-electron chi connectivity index (χ0n) is 13.4. The first-order valence-electron chi connectivity index (χ1n) is 7.60. The maximum atomic E-state index is 12.8. The van der Waals surface area contributed by atoms with Crippen molar-refractivity contribution in [3.8, 4) is 0 Å². The smallest absolute Gasteiger partial charge is 0.399 e. The molecule has 1 amide bonds. The second kappa shape index (κ2) is 6.96. The van der Waals surface area contributed by atoms with Crippen LogP contribution in [0.3, 0.4) is 0 Å². The number of alkyl halides is 3. The van der Waals surface area contributed by atoms with Gasteiger partial charge in [-0.1, -0.05) is 24.3 Å². The molecule has 2 aromatic carbocycles. The summed E-state index contributed by atoms with van der Waals surface area (Å²) in [7, 11) is 0. The number of amides is 1. The minimum Gasteiger partial charge on any atom is -0.399 e. The summed E-state index contributed by atoms with van der Waals surface area (Å²) in [5.41, 5.74) is 7.64. The molecule has 0 aliphatic heterocycles. The normalized spacial score (nSPS) is 19.0. The molecule has 0 spiro atoms. The van der Waals surface area contributed by atoms with Crippen molar-refractivity contribution in [1.82, 2.24) is 0 Å². The summed E-state index contributed by atoms with van der Waals surface area (Å²) >= 11 is 0. The minimum absolute atomic E-state index is 0. The number of nitrogens with one attached hydrogen (secondary N) is 1. The molecule has 1 aliphatic carbocycles. The molecule has 3 rings (SSSR count). The van der Waals surface area contributed by atoms with Gasteiger partial charge in [0.2, 0.25) is 5.91 Å². The molecule has 1 aliphatic rings. The van der Waals surface area contributed by atoms with E-state index in [0.717, 1.165) is 17.7 Å². The Hall–Kier alpha value is -2.21. The molecular weight excluding hydrogens is 353 g/mol. The molecule has 0 aromatic heterocycles. The summed E-state index contributed by atoms with van der Waals surface area (Å²) < 4.78 is 38.4. The Morgan fingerprint density at radius 3 is 2.60 bits per heavy atom. The second-order valence-electron chi connectivity index (χ2n) is 6.14. The summed E-state index contributed by atoms with van der Waals surface area (Å²) in [6.07, 6.45) is -3.82. The monoisotopic (exact) mass is 370 g/mol. The Morgan fingerprint density at radius 2 is 1.92 bits per heavy atom. The van der Waals surface area contributed by atoms with E-state index >= 15 is 0 Å². The zero-order valence-corrected chi connectivity index (χ0v) is 14.2. The van der Waals surface area contributed by atoms with Gasteiger partial charge in [0, 0.05) is 17.3 Å². The number of nitrogen functional groups attached to an aromatic ring is 1. The number of rotatable bonds is 3. The van der Waals surface area contributed by atoms with Gasteiger partial charge >= 0.3 is 6.18 Å². The Labute approximate surface area is 149 Å². The van der Waals surface area contributed by atoms with Gasteiger partial charge in [0.05, 0.1) is 5.56 Å². The van der Waals surface area contributed by atoms with E-state index in [-0.39, 0.29) is 30.2 Å². The lowest BCUT2D eigenvalue weighted by molar-refractivity contribution is -0.137. The third-order valence-electron chi connectivity index (χ3n) is 4.29. The Kier molecular flexibility index (Phi) is 5.32. The molecule has 2 atom stereocenters. The van der Waals surface area contributed by atoms with Gasteiger partial charge in [-0.3, -0.25) is 4.79 Å². The Balaban J connectivity index is 0.00000225. The van der Waals surface area contributed by atoms with Crippen LogP contribution in [0.2, 0.25) is 0 Å². The van der Waals surface area contributed by atoms with Gasteiger partial charge in [-0.25, -0.2) is 0 Å². The molecule has 0 bridgehead atoms. The number of halogens is 4. The first-order valence-corrected chi connectivity index (χ1v) is 7.60. The third-order valence-corrected chi connectivity index (χ3v) is 4.29. The quantitative estimate of drug-likeness (QED) is 0.765. The van der Waals surface area contributed by atoms with E-state index in [9.17, 15) is 18.0 Å². The van der Waals surface area contributed by atoms with Crippen molar-refractivity contribution in [2.24, 2.45) is 5.92 Å². The van der Waals surface area contributed by atoms with E-state index < -0.39 is 11.7 Å². The van der Waals surface area contributed by atoms with Crippen LogP contribution >= 0.6 is 12.4 Å². The number of hydrogen-bond acceptors (Lipinski definition) is 2. The van der Waals surface area contributed by atoms with E-state index in [0.29, 0.717) is 23.4 Å². The van der Waals surface area contributed by atoms with Gasteiger partial charge in [-0.15, -0.1) is 12.4 Å². The molecule has 0 saturated heterocycles. The Bertz CT molecular complexity index is 792. The van der Waals surface area contributed by atoms with Crippen LogP contribution in [-0.4, -0.2) is 5.91 Å². The number of benzene rings is 2. The largest absolute Gasteiger partial charge is 0.416 e. The standard InChI is InChI=1S/C18H17F3N2O.ClH/c1-10-5-6-13(22)8-16(10)23-17(24)15-9-14(15)11-3-2-4-12(7-11)18(19,20)21;/h2-8,14-15H,9,22H2,1H3,(H,23,24);1H. The predicted molar refractivity (Wildman–Crippen MR) is 93.8 cm³/mol. The lowest BCUT2D eigenvalue weighted by Crippen LogP contribution is -2.15. The van der Waals surface area contributed by atoms with Gasteiger partial charge in [0.25, 0.3) is 0 Å². The third kappa shape index (κ3) is 4.25. The van der Waals surface area contributed by atoms with Crippen LogP contribution in [-0.2, 0) is 11.0 Å². The summed E-state index contributed by atoms with van der Waals surface area (Å²) in [4.78, 5) is 12.3. The average molecular weight is 371 g/mol. The summed E-state index contributed by atoms with van der Waals surface area (Å²) in [5, 5.41) is 2.82. The van der Waals surface area contributed by atoms with Crippen LogP contribution in [0.15, 0.2) is 42.5 Å². The molecule has 0 heterocycles. The fraction of sp³-hybridized carbons (Fsp3) is 0.278. The van der Waals surface area contributed by atoms with E-state index in [1.54, 1.807) is 18.2 Å². The second-order valence-corrected chi connectivity index (χ2v) is 6.14.